The Labute approximate surface area is 107 Å². The topological polar surface area (TPSA) is 35.5 Å². The number of hydrogen-bond acceptors (Lipinski definition) is 3. The van der Waals surface area contributed by atoms with E-state index < -0.39 is 0 Å². The van der Waals surface area contributed by atoms with Gasteiger partial charge in [-0.25, -0.2) is 0 Å². The summed E-state index contributed by atoms with van der Waals surface area (Å²) in [4.78, 5) is 12.0. The van der Waals surface area contributed by atoms with Crippen molar-refractivity contribution in [1.82, 2.24) is 0 Å². The zero-order valence-corrected chi connectivity index (χ0v) is 10.5. The van der Waals surface area contributed by atoms with E-state index in [9.17, 15) is 4.79 Å². The number of esters is 1. The van der Waals surface area contributed by atoms with Gasteiger partial charge in [0.1, 0.15) is 0 Å². The van der Waals surface area contributed by atoms with Gasteiger partial charge in [-0.2, -0.15) is 0 Å². The third-order valence-corrected chi connectivity index (χ3v) is 4.19. The van der Waals surface area contributed by atoms with E-state index in [1.165, 1.54) is 12.7 Å². The fraction of sp³-hybridized carbons (Fsp3) is 0.533. The number of carbonyl (C=O) groups excluding carboxylic acids is 1. The molecule has 0 saturated carbocycles. The van der Waals surface area contributed by atoms with Crippen molar-refractivity contribution in [2.75, 3.05) is 7.11 Å². The minimum Gasteiger partial charge on any atom is -0.469 e. The van der Waals surface area contributed by atoms with Crippen molar-refractivity contribution in [3.63, 3.8) is 0 Å². The molecule has 96 valence electrons. The van der Waals surface area contributed by atoms with Gasteiger partial charge in [0.15, 0.2) is 0 Å². The van der Waals surface area contributed by atoms with E-state index in [0.29, 0.717) is 6.10 Å². The van der Waals surface area contributed by atoms with Crippen molar-refractivity contribution in [2.45, 2.75) is 37.4 Å². The summed E-state index contributed by atoms with van der Waals surface area (Å²) >= 11 is 0. The fourth-order valence-corrected chi connectivity index (χ4v) is 3.36. The molecule has 2 aliphatic heterocycles. The van der Waals surface area contributed by atoms with Crippen LogP contribution in [0.4, 0.5) is 0 Å². The Morgan fingerprint density at radius 1 is 1.28 bits per heavy atom. The molecule has 2 aliphatic rings. The van der Waals surface area contributed by atoms with Gasteiger partial charge >= 0.3 is 5.97 Å². The van der Waals surface area contributed by atoms with Crippen LogP contribution in [0.3, 0.4) is 0 Å². The summed E-state index contributed by atoms with van der Waals surface area (Å²) in [5.74, 6) is -0.0322. The first kappa shape index (κ1) is 11.7. The average molecular weight is 246 g/mol. The predicted molar refractivity (Wildman–Crippen MR) is 67.2 cm³/mol. The highest BCUT2D eigenvalue weighted by atomic mass is 16.5. The van der Waals surface area contributed by atoms with Gasteiger partial charge in [0, 0.05) is 5.92 Å². The molecular weight excluding hydrogens is 228 g/mol. The molecule has 1 aromatic carbocycles. The van der Waals surface area contributed by atoms with E-state index in [-0.39, 0.29) is 23.9 Å². The highest BCUT2D eigenvalue weighted by Gasteiger charge is 2.47. The zero-order chi connectivity index (χ0) is 12.5. The average Bonchev–Trinajstić information content (AvgIpc) is 2.80. The molecule has 2 heterocycles. The van der Waals surface area contributed by atoms with Crippen molar-refractivity contribution in [3.05, 3.63) is 35.9 Å². The Bertz CT molecular complexity index is 429. The maximum atomic E-state index is 12.0. The van der Waals surface area contributed by atoms with E-state index >= 15 is 0 Å². The molecule has 0 amide bonds. The van der Waals surface area contributed by atoms with Gasteiger partial charge in [-0.15, -0.1) is 0 Å². The lowest BCUT2D eigenvalue weighted by atomic mass is 9.79. The van der Waals surface area contributed by atoms with Crippen LogP contribution in [0.1, 0.15) is 30.7 Å². The molecule has 0 N–H and O–H groups in total. The zero-order valence-electron chi connectivity index (χ0n) is 10.5. The van der Waals surface area contributed by atoms with Gasteiger partial charge < -0.3 is 9.47 Å². The Morgan fingerprint density at radius 3 is 2.78 bits per heavy atom. The summed E-state index contributed by atoms with van der Waals surface area (Å²) in [7, 11) is 1.46. The van der Waals surface area contributed by atoms with Crippen LogP contribution in [0.15, 0.2) is 30.3 Å². The van der Waals surface area contributed by atoms with Gasteiger partial charge in [0.25, 0.3) is 0 Å². The molecule has 2 saturated heterocycles. The van der Waals surface area contributed by atoms with Crippen molar-refractivity contribution in [3.8, 4) is 0 Å². The third kappa shape index (κ3) is 1.93. The first-order chi connectivity index (χ1) is 8.79. The number of benzene rings is 1. The lowest BCUT2D eigenvalue weighted by molar-refractivity contribution is -0.156. The van der Waals surface area contributed by atoms with Crippen LogP contribution in [0, 0.1) is 5.92 Å². The van der Waals surface area contributed by atoms with Crippen molar-refractivity contribution in [1.29, 1.82) is 0 Å². The highest BCUT2D eigenvalue weighted by molar-refractivity contribution is 5.74. The Kier molecular flexibility index (Phi) is 3.08. The summed E-state index contributed by atoms with van der Waals surface area (Å²) < 4.78 is 10.9. The summed E-state index contributed by atoms with van der Waals surface area (Å²) in [6.07, 6.45) is 3.35. The van der Waals surface area contributed by atoms with E-state index in [0.717, 1.165) is 19.3 Å². The molecule has 18 heavy (non-hydrogen) atoms. The van der Waals surface area contributed by atoms with E-state index in [4.69, 9.17) is 9.47 Å². The first-order valence-electron chi connectivity index (χ1n) is 6.58. The van der Waals surface area contributed by atoms with E-state index in [1.807, 2.05) is 18.2 Å². The number of hydrogen-bond donors (Lipinski definition) is 0. The fourth-order valence-electron chi connectivity index (χ4n) is 3.36. The van der Waals surface area contributed by atoms with Crippen molar-refractivity contribution in [2.24, 2.45) is 5.92 Å². The third-order valence-electron chi connectivity index (χ3n) is 4.19. The minimum absolute atomic E-state index is 0.0430. The molecular formula is C15H18O3. The second kappa shape index (κ2) is 4.73. The van der Waals surface area contributed by atoms with Crippen LogP contribution in [0.25, 0.3) is 0 Å². The van der Waals surface area contributed by atoms with Gasteiger partial charge in [0.05, 0.1) is 25.2 Å². The molecule has 4 atom stereocenters. The maximum absolute atomic E-state index is 12.0. The summed E-state index contributed by atoms with van der Waals surface area (Å²) in [6, 6.07) is 10.3. The molecule has 1 aromatic rings. The summed E-state index contributed by atoms with van der Waals surface area (Å²) in [5.41, 5.74) is 1.23. The van der Waals surface area contributed by atoms with Gasteiger partial charge in [-0.3, -0.25) is 4.79 Å². The van der Waals surface area contributed by atoms with E-state index in [2.05, 4.69) is 12.1 Å². The summed E-state index contributed by atoms with van der Waals surface area (Å²) in [5, 5.41) is 0. The first-order valence-corrected chi connectivity index (χ1v) is 6.58. The highest BCUT2D eigenvalue weighted by Crippen LogP contribution is 2.45. The molecule has 1 unspecified atom stereocenters. The Morgan fingerprint density at radius 2 is 2.06 bits per heavy atom. The van der Waals surface area contributed by atoms with Gasteiger partial charge in [-0.05, 0) is 24.8 Å². The quantitative estimate of drug-likeness (QED) is 0.752. The number of carbonyl (C=O) groups is 1. The molecule has 2 bridgehead atoms. The largest absolute Gasteiger partial charge is 0.469 e. The predicted octanol–water partition coefficient (Wildman–Crippen LogP) is 2.51. The Balaban J connectivity index is 1.93. The smallest absolute Gasteiger partial charge is 0.311 e. The lowest BCUT2D eigenvalue weighted by Gasteiger charge is -2.35. The number of rotatable bonds is 2. The number of methoxy groups -OCH3 is 1. The monoisotopic (exact) mass is 246 g/mol. The van der Waals surface area contributed by atoms with Gasteiger partial charge in [0.2, 0.25) is 0 Å². The SMILES string of the molecule is COC(=O)[C@@H]1[C@@H]2CCC(C[C@@H]1c1ccccc1)O2. The maximum Gasteiger partial charge on any atom is 0.311 e. The van der Waals surface area contributed by atoms with Crippen LogP contribution in [0.5, 0.6) is 0 Å². The molecule has 0 aromatic heterocycles. The molecule has 0 spiro atoms. The molecule has 0 aliphatic carbocycles. The molecule has 3 rings (SSSR count). The molecule has 0 radical (unpaired) electrons. The van der Waals surface area contributed by atoms with Crippen LogP contribution in [0.2, 0.25) is 0 Å². The normalized spacial score (nSPS) is 34.3. The number of fused-ring (bicyclic) bond motifs is 2. The lowest BCUT2D eigenvalue weighted by Crippen LogP contribution is -2.39. The second-order valence-corrected chi connectivity index (χ2v) is 5.18. The number of ether oxygens (including phenoxy) is 2. The summed E-state index contributed by atoms with van der Waals surface area (Å²) in [6.45, 7) is 0. The van der Waals surface area contributed by atoms with Crippen LogP contribution in [-0.4, -0.2) is 25.3 Å². The van der Waals surface area contributed by atoms with Crippen molar-refractivity contribution < 1.29 is 14.3 Å². The second-order valence-electron chi connectivity index (χ2n) is 5.18. The molecule has 3 heteroatoms. The minimum atomic E-state index is -0.142. The van der Waals surface area contributed by atoms with Gasteiger partial charge in [-0.1, -0.05) is 30.3 Å². The molecule has 3 nitrogen and oxygen atoms in total. The van der Waals surface area contributed by atoms with E-state index in [1.54, 1.807) is 0 Å². The molecule has 2 fully saturated rings. The Hall–Kier alpha value is -1.35. The standard InChI is InChI=1S/C15H18O3/c1-17-15(16)14-12(10-5-3-2-4-6-10)9-11-7-8-13(14)18-11/h2-6,11-14H,7-9H2,1H3/t11?,12-,13+,14+/m1/s1. The van der Waals surface area contributed by atoms with Crippen molar-refractivity contribution >= 4 is 5.97 Å². The van der Waals surface area contributed by atoms with Crippen LogP contribution < -0.4 is 0 Å². The van der Waals surface area contributed by atoms with Crippen LogP contribution >= 0.6 is 0 Å². The van der Waals surface area contributed by atoms with Crippen LogP contribution in [-0.2, 0) is 14.3 Å².